The standard InChI is InChI=1S/C18H28N2OS/c1-2-3-6-14-11-17(21)16-7-4-5-9-18(16)10-8-15(20(14)18)12-22-13-19/h14-16H,2-12H2,1H3. The summed E-state index contributed by atoms with van der Waals surface area (Å²) in [5.41, 5.74) is 0.159. The molecule has 0 aromatic rings. The lowest BCUT2D eigenvalue weighted by Gasteiger charge is -2.55. The Hall–Kier alpha value is -0.530. The second-order valence-electron chi connectivity index (χ2n) is 7.37. The average molecular weight is 321 g/mol. The van der Waals surface area contributed by atoms with E-state index >= 15 is 0 Å². The number of thiocyanates is 1. The SMILES string of the molecule is CCCCC1CC(=O)C2CCCCC23CCC(CSC#N)N13. The molecule has 3 nitrogen and oxygen atoms in total. The van der Waals surface area contributed by atoms with Crippen LogP contribution in [0.2, 0.25) is 0 Å². The molecule has 4 heteroatoms. The van der Waals surface area contributed by atoms with E-state index in [0.29, 0.717) is 17.9 Å². The first-order valence-corrected chi connectivity index (χ1v) is 10.0. The van der Waals surface area contributed by atoms with E-state index in [0.717, 1.165) is 25.0 Å². The molecule has 2 aliphatic heterocycles. The number of hydrogen-bond donors (Lipinski definition) is 0. The first kappa shape index (κ1) is 16.3. The van der Waals surface area contributed by atoms with Crippen LogP contribution in [0.15, 0.2) is 0 Å². The number of rotatable bonds is 5. The minimum absolute atomic E-state index is 0.159. The topological polar surface area (TPSA) is 44.1 Å². The number of carbonyl (C=O) groups is 1. The van der Waals surface area contributed by atoms with Gasteiger partial charge in [0.2, 0.25) is 0 Å². The lowest BCUT2D eigenvalue weighted by molar-refractivity contribution is -0.142. The van der Waals surface area contributed by atoms with Gasteiger partial charge < -0.3 is 0 Å². The van der Waals surface area contributed by atoms with Gasteiger partial charge in [-0.15, -0.1) is 0 Å². The third-order valence-corrected chi connectivity index (χ3v) is 6.95. The van der Waals surface area contributed by atoms with Crippen molar-refractivity contribution in [2.75, 3.05) is 5.75 Å². The van der Waals surface area contributed by atoms with E-state index in [4.69, 9.17) is 5.26 Å². The third kappa shape index (κ3) is 2.71. The third-order valence-electron chi connectivity index (χ3n) is 6.27. The quantitative estimate of drug-likeness (QED) is 0.715. The van der Waals surface area contributed by atoms with Crippen molar-refractivity contribution < 1.29 is 4.79 Å². The van der Waals surface area contributed by atoms with Crippen LogP contribution in [0.1, 0.15) is 71.1 Å². The van der Waals surface area contributed by atoms with Crippen LogP contribution in [-0.2, 0) is 4.79 Å². The van der Waals surface area contributed by atoms with Gasteiger partial charge in [-0.1, -0.05) is 32.6 Å². The predicted octanol–water partition coefficient (Wildman–Crippen LogP) is 4.13. The van der Waals surface area contributed by atoms with Crippen LogP contribution in [0.4, 0.5) is 0 Å². The lowest BCUT2D eigenvalue weighted by Crippen LogP contribution is -2.64. The minimum Gasteiger partial charge on any atom is -0.299 e. The van der Waals surface area contributed by atoms with E-state index in [9.17, 15) is 4.79 Å². The van der Waals surface area contributed by atoms with Gasteiger partial charge in [-0.05, 0) is 43.9 Å². The summed E-state index contributed by atoms with van der Waals surface area (Å²) in [7, 11) is 0. The molecule has 0 bridgehead atoms. The van der Waals surface area contributed by atoms with Crippen LogP contribution < -0.4 is 0 Å². The maximum Gasteiger partial charge on any atom is 0.139 e. The molecule has 0 aromatic heterocycles. The summed E-state index contributed by atoms with van der Waals surface area (Å²) in [5, 5.41) is 11.2. The van der Waals surface area contributed by atoms with E-state index in [1.165, 1.54) is 56.7 Å². The van der Waals surface area contributed by atoms with E-state index in [1.807, 2.05) is 0 Å². The zero-order valence-corrected chi connectivity index (χ0v) is 14.5. The summed E-state index contributed by atoms with van der Waals surface area (Å²) in [6.07, 6.45) is 11.5. The van der Waals surface area contributed by atoms with Gasteiger partial charge in [-0.2, -0.15) is 5.26 Å². The van der Waals surface area contributed by atoms with Gasteiger partial charge in [0.25, 0.3) is 0 Å². The number of piperidine rings is 1. The Kier molecular flexibility index (Phi) is 5.14. The second-order valence-corrected chi connectivity index (χ2v) is 8.18. The van der Waals surface area contributed by atoms with Gasteiger partial charge in [0.15, 0.2) is 0 Å². The molecule has 4 unspecified atom stereocenters. The maximum atomic E-state index is 12.8. The number of nitrogens with zero attached hydrogens (tertiary/aromatic N) is 2. The lowest BCUT2D eigenvalue weighted by atomic mass is 9.65. The summed E-state index contributed by atoms with van der Waals surface area (Å²) in [5.74, 6) is 1.75. The number of hydrogen-bond acceptors (Lipinski definition) is 4. The minimum atomic E-state index is 0.159. The molecule has 22 heavy (non-hydrogen) atoms. The molecule has 1 saturated carbocycles. The first-order valence-electron chi connectivity index (χ1n) is 9.05. The van der Waals surface area contributed by atoms with E-state index in [1.54, 1.807) is 0 Å². The van der Waals surface area contributed by atoms with Crippen molar-refractivity contribution in [3.63, 3.8) is 0 Å². The van der Waals surface area contributed by atoms with Crippen molar-refractivity contribution >= 4 is 17.5 Å². The van der Waals surface area contributed by atoms with Gasteiger partial charge in [0, 0.05) is 35.7 Å². The number of carbonyl (C=O) groups excluding carboxylic acids is 1. The Morgan fingerprint density at radius 1 is 1.32 bits per heavy atom. The van der Waals surface area contributed by atoms with Crippen LogP contribution in [0.25, 0.3) is 0 Å². The molecule has 2 heterocycles. The predicted molar refractivity (Wildman–Crippen MR) is 90.6 cm³/mol. The molecule has 3 aliphatic rings. The number of thioether (sulfide) groups is 1. The van der Waals surface area contributed by atoms with Crippen molar-refractivity contribution in [2.45, 2.75) is 88.8 Å². The highest BCUT2D eigenvalue weighted by Gasteiger charge is 2.58. The molecule has 0 radical (unpaired) electrons. The van der Waals surface area contributed by atoms with Gasteiger partial charge in [0.1, 0.15) is 11.2 Å². The molecular formula is C18H28N2OS. The summed E-state index contributed by atoms with van der Waals surface area (Å²) in [6.45, 7) is 2.23. The number of nitriles is 1. The van der Waals surface area contributed by atoms with Gasteiger partial charge >= 0.3 is 0 Å². The zero-order valence-electron chi connectivity index (χ0n) is 13.7. The fourth-order valence-electron chi connectivity index (χ4n) is 5.45. The van der Waals surface area contributed by atoms with Crippen LogP contribution >= 0.6 is 11.8 Å². The second kappa shape index (κ2) is 6.93. The normalized spacial score (nSPS) is 38.4. The monoisotopic (exact) mass is 320 g/mol. The van der Waals surface area contributed by atoms with E-state index < -0.39 is 0 Å². The van der Waals surface area contributed by atoms with Gasteiger partial charge in [-0.3, -0.25) is 9.69 Å². The zero-order chi connectivity index (χ0) is 15.6. The molecule has 1 aliphatic carbocycles. The first-order chi connectivity index (χ1) is 10.7. The Morgan fingerprint density at radius 3 is 2.95 bits per heavy atom. The van der Waals surface area contributed by atoms with Crippen LogP contribution in [0.5, 0.6) is 0 Å². The largest absolute Gasteiger partial charge is 0.299 e. The summed E-state index contributed by atoms with van der Waals surface area (Å²) >= 11 is 1.40. The van der Waals surface area contributed by atoms with Crippen LogP contribution in [0, 0.1) is 16.6 Å². The Morgan fingerprint density at radius 2 is 2.18 bits per heavy atom. The van der Waals surface area contributed by atoms with Crippen molar-refractivity contribution in [1.29, 1.82) is 5.26 Å². The molecule has 0 N–H and O–H groups in total. The molecule has 2 saturated heterocycles. The highest BCUT2D eigenvalue weighted by molar-refractivity contribution is 8.03. The fourth-order valence-corrected chi connectivity index (χ4v) is 6.05. The van der Waals surface area contributed by atoms with Crippen molar-refractivity contribution in [1.82, 2.24) is 4.90 Å². The fraction of sp³-hybridized carbons (Fsp3) is 0.889. The Balaban J connectivity index is 1.87. The number of Topliss-reactive ketones (excluding diaryl/α,β-unsaturated/α-hetero) is 1. The number of ketones is 1. The average Bonchev–Trinajstić information content (AvgIpc) is 2.89. The molecule has 0 amide bonds. The Labute approximate surface area is 138 Å². The molecule has 4 atom stereocenters. The molecular weight excluding hydrogens is 292 g/mol. The van der Waals surface area contributed by atoms with E-state index in [-0.39, 0.29) is 11.5 Å². The van der Waals surface area contributed by atoms with Crippen LogP contribution in [-0.4, -0.2) is 34.1 Å². The number of unbranched alkanes of at least 4 members (excludes halogenated alkanes) is 1. The van der Waals surface area contributed by atoms with Crippen molar-refractivity contribution in [3.8, 4) is 5.40 Å². The van der Waals surface area contributed by atoms with E-state index in [2.05, 4.69) is 17.2 Å². The molecule has 3 rings (SSSR count). The Bertz CT molecular complexity index is 460. The van der Waals surface area contributed by atoms with Crippen molar-refractivity contribution in [2.24, 2.45) is 5.92 Å². The molecule has 122 valence electrons. The molecule has 3 fully saturated rings. The molecule has 0 aromatic carbocycles. The highest BCUT2D eigenvalue weighted by Crippen LogP contribution is 2.53. The van der Waals surface area contributed by atoms with Gasteiger partial charge in [0.05, 0.1) is 0 Å². The summed E-state index contributed by atoms with van der Waals surface area (Å²) in [4.78, 5) is 15.5. The smallest absolute Gasteiger partial charge is 0.139 e. The van der Waals surface area contributed by atoms with Crippen molar-refractivity contribution in [3.05, 3.63) is 0 Å². The summed E-state index contributed by atoms with van der Waals surface area (Å²) < 4.78 is 0. The molecule has 1 spiro atoms. The van der Waals surface area contributed by atoms with Crippen LogP contribution in [0.3, 0.4) is 0 Å². The highest BCUT2D eigenvalue weighted by atomic mass is 32.2. The maximum absolute atomic E-state index is 12.8. The summed E-state index contributed by atoms with van der Waals surface area (Å²) in [6, 6.07) is 0.953. The van der Waals surface area contributed by atoms with Gasteiger partial charge in [-0.25, -0.2) is 0 Å².